The number of nitrogens with one attached hydrogen (secondary N) is 1. The monoisotopic (exact) mass is 223 g/mol. The van der Waals surface area contributed by atoms with Gasteiger partial charge in [0, 0.05) is 12.5 Å². The number of rotatable bonds is 4. The van der Waals surface area contributed by atoms with E-state index >= 15 is 0 Å². The second-order valence-corrected chi connectivity index (χ2v) is 4.75. The maximum absolute atomic E-state index is 11.8. The number of hydrogen-bond acceptors (Lipinski definition) is 3. The first-order valence-electron chi connectivity index (χ1n) is 5.40. The van der Waals surface area contributed by atoms with Crippen LogP contribution in [0, 0.1) is 22.7 Å². The van der Waals surface area contributed by atoms with Gasteiger partial charge >= 0.3 is 0 Å². The molecule has 2 amide bonds. The molecule has 0 saturated heterocycles. The highest BCUT2D eigenvalue weighted by molar-refractivity contribution is 5.87. The third kappa shape index (κ3) is 2.51. The highest BCUT2D eigenvalue weighted by atomic mass is 16.2. The number of carbonyl (C=O) groups is 2. The third-order valence-corrected chi connectivity index (χ3v) is 2.93. The van der Waals surface area contributed by atoms with Crippen LogP contribution in [0.1, 0.15) is 33.1 Å². The van der Waals surface area contributed by atoms with Crippen molar-refractivity contribution in [1.82, 2.24) is 5.32 Å². The first kappa shape index (κ1) is 12.5. The van der Waals surface area contributed by atoms with E-state index in [9.17, 15) is 9.59 Å². The van der Waals surface area contributed by atoms with Crippen molar-refractivity contribution in [2.75, 3.05) is 0 Å². The molecule has 5 nitrogen and oxygen atoms in total. The largest absolute Gasteiger partial charge is 0.370 e. The number of amides is 2. The van der Waals surface area contributed by atoms with Gasteiger partial charge in [-0.15, -0.1) is 0 Å². The van der Waals surface area contributed by atoms with Crippen LogP contribution in [0.15, 0.2) is 0 Å². The summed E-state index contributed by atoms with van der Waals surface area (Å²) in [5.74, 6) is -0.320. The van der Waals surface area contributed by atoms with E-state index in [-0.39, 0.29) is 18.4 Å². The number of nitrogens with zero attached hydrogens (tertiary/aromatic N) is 1. The van der Waals surface area contributed by atoms with Crippen LogP contribution in [0.3, 0.4) is 0 Å². The summed E-state index contributed by atoms with van der Waals surface area (Å²) in [5.41, 5.74) is 4.14. The molecule has 0 spiro atoms. The van der Waals surface area contributed by atoms with Crippen molar-refractivity contribution in [2.45, 2.75) is 39.2 Å². The van der Waals surface area contributed by atoms with Crippen LogP contribution < -0.4 is 11.1 Å². The quantitative estimate of drug-likeness (QED) is 0.717. The molecule has 0 radical (unpaired) electrons. The summed E-state index contributed by atoms with van der Waals surface area (Å²) < 4.78 is 0. The minimum Gasteiger partial charge on any atom is -0.370 e. The Morgan fingerprint density at radius 3 is 2.56 bits per heavy atom. The molecule has 0 aromatic carbocycles. The maximum atomic E-state index is 11.8. The number of nitriles is 1. The fourth-order valence-corrected chi connectivity index (χ4v) is 2.17. The van der Waals surface area contributed by atoms with Crippen LogP contribution in [0.25, 0.3) is 0 Å². The molecule has 88 valence electrons. The fourth-order valence-electron chi connectivity index (χ4n) is 2.17. The summed E-state index contributed by atoms with van der Waals surface area (Å²) >= 11 is 0. The number of primary amides is 1. The molecule has 0 aromatic rings. The molecule has 0 heterocycles. The molecule has 5 heteroatoms. The predicted octanol–water partition coefficient (Wildman–Crippen LogP) is 0.306. The van der Waals surface area contributed by atoms with Gasteiger partial charge in [0.15, 0.2) is 0 Å². The SMILES string of the molecule is CC1CC(C#N)(C(=O)NC(C)CC(N)=O)C1. The zero-order chi connectivity index (χ0) is 12.3. The lowest BCUT2D eigenvalue weighted by molar-refractivity contribution is -0.134. The van der Waals surface area contributed by atoms with Crippen molar-refractivity contribution in [3.05, 3.63) is 0 Å². The molecule has 1 atom stereocenters. The molecular formula is C11H17N3O2. The van der Waals surface area contributed by atoms with E-state index in [1.54, 1.807) is 6.92 Å². The van der Waals surface area contributed by atoms with Crippen molar-refractivity contribution in [2.24, 2.45) is 17.1 Å². The molecule has 1 aliphatic rings. The van der Waals surface area contributed by atoms with Crippen LogP contribution >= 0.6 is 0 Å². The molecule has 16 heavy (non-hydrogen) atoms. The van der Waals surface area contributed by atoms with Gasteiger partial charge in [0.2, 0.25) is 11.8 Å². The molecule has 1 fully saturated rings. The smallest absolute Gasteiger partial charge is 0.240 e. The lowest BCUT2D eigenvalue weighted by Crippen LogP contribution is -2.50. The highest BCUT2D eigenvalue weighted by Crippen LogP contribution is 2.45. The van der Waals surface area contributed by atoms with Crippen LogP contribution in [-0.4, -0.2) is 17.9 Å². The summed E-state index contributed by atoms with van der Waals surface area (Å²) in [5, 5.41) is 11.7. The van der Waals surface area contributed by atoms with E-state index in [0.29, 0.717) is 18.8 Å². The maximum Gasteiger partial charge on any atom is 0.240 e. The molecule has 0 bridgehead atoms. The molecule has 1 saturated carbocycles. The highest BCUT2D eigenvalue weighted by Gasteiger charge is 2.49. The van der Waals surface area contributed by atoms with Gasteiger partial charge in [-0.1, -0.05) is 6.92 Å². The van der Waals surface area contributed by atoms with Gasteiger partial charge in [-0.3, -0.25) is 9.59 Å². The molecule has 1 unspecified atom stereocenters. The average molecular weight is 223 g/mol. The third-order valence-electron chi connectivity index (χ3n) is 2.93. The van der Waals surface area contributed by atoms with Gasteiger partial charge in [-0.25, -0.2) is 0 Å². The van der Waals surface area contributed by atoms with Crippen molar-refractivity contribution in [1.29, 1.82) is 5.26 Å². The minimum atomic E-state index is -0.884. The van der Waals surface area contributed by atoms with E-state index in [1.165, 1.54) is 0 Å². The van der Waals surface area contributed by atoms with Crippen LogP contribution in [0.5, 0.6) is 0 Å². The molecule has 1 aliphatic carbocycles. The van der Waals surface area contributed by atoms with E-state index in [4.69, 9.17) is 11.0 Å². The van der Waals surface area contributed by atoms with Gasteiger partial charge in [0.05, 0.1) is 6.07 Å². The topological polar surface area (TPSA) is 96.0 Å². The lowest BCUT2D eigenvalue weighted by Gasteiger charge is -2.39. The van der Waals surface area contributed by atoms with E-state index in [0.717, 1.165) is 0 Å². The summed E-state index contributed by atoms with van der Waals surface area (Å²) in [6.07, 6.45) is 1.29. The van der Waals surface area contributed by atoms with Gasteiger partial charge in [-0.05, 0) is 25.7 Å². The molecule has 1 rings (SSSR count). The second-order valence-electron chi connectivity index (χ2n) is 4.75. The summed E-state index contributed by atoms with van der Waals surface area (Å²) in [4.78, 5) is 22.5. The van der Waals surface area contributed by atoms with Gasteiger partial charge < -0.3 is 11.1 Å². The Morgan fingerprint density at radius 2 is 2.19 bits per heavy atom. The van der Waals surface area contributed by atoms with Crippen LogP contribution in [0.4, 0.5) is 0 Å². The van der Waals surface area contributed by atoms with Crippen molar-refractivity contribution in [3.63, 3.8) is 0 Å². The Bertz CT molecular complexity index is 340. The Balaban J connectivity index is 2.52. The molecular weight excluding hydrogens is 206 g/mol. The van der Waals surface area contributed by atoms with Crippen LogP contribution in [-0.2, 0) is 9.59 Å². The zero-order valence-electron chi connectivity index (χ0n) is 9.62. The number of nitrogens with two attached hydrogens (primary N) is 1. The second kappa shape index (κ2) is 4.52. The molecule has 3 N–H and O–H groups in total. The van der Waals surface area contributed by atoms with E-state index in [1.807, 2.05) is 6.92 Å². The Labute approximate surface area is 95.0 Å². The summed E-state index contributed by atoms with van der Waals surface area (Å²) in [7, 11) is 0. The van der Waals surface area contributed by atoms with Gasteiger partial charge in [0.1, 0.15) is 5.41 Å². The van der Waals surface area contributed by atoms with Crippen molar-refractivity contribution in [3.8, 4) is 6.07 Å². The number of hydrogen-bond donors (Lipinski definition) is 2. The van der Waals surface area contributed by atoms with E-state index in [2.05, 4.69) is 11.4 Å². The summed E-state index contributed by atoms with van der Waals surface area (Å²) in [6.45, 7) is 3.71. The zero-order valence-corrected chi connectivity index (χ0v) is 9.62. The minimum absolute atomic E-state index is 0.100. The lowest BCUT2D eigenvalue weighted by atomic mass is 9.63. The normalized spacial score (nSPS) is 29.7. The first-order valence-corrected chi connectivity index (χ1v) is 5.40. The van der Waals surface area contributed by atoms with Crippen LogP contribution in [0.2, 0.25) is 0 Å². The van der Waals surface area contributed by atoms with E-state index < -0.39 is 11.3 Å². The first-order chi connectivity index (χ1) is 7.39. The standard InChI is InChI=1S/C11H17N3O2/c1-7-4-11(5-7,6-12)10(16)14-8(2)3-9(13)15/h7-8H,3-5H2,1-2H3,(H2,13,15)(H,14,16). The van der Waals surface area contributed by atoms with Gasteiger partial charge in [-0.2, -0.15) is 5.26 Å². The summed E-state index contributed by atoms with van der Waals surface area (Å²) in [6, 6.07) is 1.76. The Morgan fingerprint density at radius 1 is 1.62 bits per heavy atom. The van der Waals surface area contributed by atoms with Gasteiger partial charge in [0.25, 0.3) is 0 Å². The predicted molar refractivity (Wildman–Crippen MR) is 57.9 cm³/mol. The molecule has 0 aliphatic heterocycles. The number of carbonyl (C=O) groups excluding carboxylic acids is 2. The Hall–Kier alpha value is -1.57. The fraction of sp³-hybridized carbons (Fsp3) is 0.727. The van der Waals surface area contributed by atoms with Crippen molar-refractivity contribution < 1.29 is 9.59 Å². The Kier molecular flexibility index (Phi) is 3.53. The molecule has 0 aromatic heterocycles. The average Bonchev–Trinajstić information content (AvgIpc) is 2.10. The van der Waals surface area contributed by atoms with Crippen molar-refractivity contribution >= 4 is 11.8 Å².